The second-order valence-corrected chi connectivity index (χ2v) is 6.51. The third kappa shape index (κ3) is 2.85. The molecule has 0 saturated carbocycles. The molecule has 1 N–H and O–H groups in total. The third-order valence-corrected chi connectivity index (χ3v) is 5.02. The van der Waals surface area contributed by atoms with Crippen molar-refractivity contribution < 1.29 is 0 Å². The van der Waals surface area contributed by atoms with E-state index in [0.29, 0.717) is 10.0 Å². The fraction of sp³-hybridized carbons (Fsp3) is 0.357. The van der Waals surface area contributed by atoms with Crippen LogP contribution in [0.5, 0.6) is 0 Å². The van der Waals surface area contributed by atoms with Gasteiger partial charge < -0.3 is 5.32 Å². The molecule has 2 aromatic heterocycles. The highest BCUT2D eigenvalue weighted by Crippen LogP contribution is 2.39. The molecule has 20 heavy (non-hydrogen) atoms. The normalized spacial score (nSPS) is 18.1. The second kappa shape index (κ2) is 6.41. The van der Waals surface area contributed by atoms with Gasteiger partial charge in [-0.25, -0.2) is 0 Å². The molecular formula is C14H15Cl2N3S. The highest BCUT2D eigenvalue weighted by molar-refractivity contribution is 7.10. The highest BCUT2D eigenvalue weighted by atomic mass is 35.5. The number of rotatable bonds is 3. The number of nitrogens with zero attached hydrogens (tertiary/aromatic N) is 2. The lowest BCUT2D eigenvalue weighted by Gasteiger charge is -2.35. The largest absolute Gasteiger partial charge is 0.314 e. The Balaban J connectivity index is 2.05. The van der Waals surface area contributed by atoms with E-state index in [4.69, 9.17) is 23.2 Å². The molecule has 2 aromatic rings. The minimum absolute atomic E-state index is 0.111. The summed E-state index contributed by atoms with van der Waals surface area (Å²) < 4.78 is 0. The molecule has 0 aromatic carbocycles. The zero-order valence-electron chi connectivity index (χ0n) is 10.9. The minimum Gasteiger partial charge on any atom is -0.314 e. The lowest BCUT2D eigenvalue weighted by atomic mass is 10.0. The summed E-state index contributed by atoms with van der Waals surface area (Å²) in [6.45, 7) is 3.94. The van der Waals surface area contributed by atoms with Crippen molar-refractivity contribution in [2.24, 2.45) is 0 Å². The molecule has 3 nitrogen and oxygen atoms in total. The number of hydrogen-bond donors (Lipinski definition) is 1. The Morgan fingerprint density at radius 1 is 1.20 bits per heavy atom. The Morgan fingerprint density at radius 2 is 1.90 bits per heavy atom. The van der Waals surface area contributed by atoms with E-state index >= 15 is 0 Å². The van der Waals surface area contributed by atoms with Gasteiger partial charge in [0.1, 0.15) is 0 Å². The van der Waals surface area contributed by atoms with Crippen molar-refractivity contribution in [1.29, 1.82) is 0 Å². The van der Waals surface area contributed by atoms with Gasteiger partial charge in [0, 0.05) is 49.0 Å². The van der Waals surface area contributed by atoms with Crippen molar-refractivity contribution in [3.05, 3.63) is 50.4 Å². The van der Waals surface area contributed by atoms with Gasteiger partial charge in [-0.15, -0.1) is 11.3 Å². The lowest BCUT2D eigenvalue weighted by molar-refractivity contribution is 0.201. The molecule has 1 saturated heterocycles. The molecule has 106 valence electrons. The van der Waals surface area contributed by atoms with Crippen LogP contribution in [0.25, 0.3) is 0 Å². The average Bonchev–Trinajstić information content (AvgIpc) is 2.98. The average molecular weight is 328 g/mol. The van der Waals surface area contributed by atoms with Crippen LogP contribution in [0.4, 0.5) is 0 Å². The topological polar surface area (TPSA) is 28.2 Å². The number of halogens is 2. The van der Waals surface area contributed by atoms with Gasteiger partial charge in [-0.3, -0.25) is 9.88 Å². The van der Waals surface area contributed by atoms with E-state index in [1.54, 1.807) is 23.7 Å². The van der Waals surface area contributed by atoms with Crippen LogP contribution in [0.2, 0.25) is 10.0 Å². The van der Waals surface area contributed by atoms with Crippen LogP contribution in [-0.4, -0.2) is 36.1 Å². The summed E-state index contributed by atoms with van der Waals surface area (Å²) in [5, 5.41) is 6.74. The van der Waals surface area contributed by atoms with E-state index in [2.05, 4.69) is 32.7 Å². The number of pyridine rings is 1. The number of aromatic nitrogens is 1. The van der Waals surface area contributed by atoms with E-state index in [-0.39, 0.29) is 6.04 Å². The van der Waals surface area contributed by atoms with Crippen LogP contribution >= 0.6 is 34.5 Å². The maximum absolute atomic E-state index is 6.38. The summed E-state index contributed by atoms with van der Waals surface area (Å²) in [7, 11) is 0. The van der Waals surface area contributed by atoms with Gasteiger partial charge in [0.25, 0.3) is 0 Å². The molecule has 3 heterocycles. The first-order chi connectivity index (χ1) is 9.77. The monoisotopic (exact) mass is 327 g/mol. The highest BCUT2D eigenvalue weighted by Gasteiger charge is 2.28. The summed E-state index contributed by atoms with van der Waals surface area (Å²) in [5.41, 5.74) is 0.965. The van der Waals surface area contributed by atoms with Crippen LogP contribution in [0, 0.1) is 0 Å². The Labute approximate surface area is 132 Å². The fourth-order valence-corrected chi connectivity index (χ4v) is 4.01. The van der Waals surface area contributed by atoms with Gasteiger partial charge in [-0.2, -0.15) is 0 Å². The summed E-state index contributed by atoms with van der Waals surface area (Å²) in [4.78, 5) is 7.75. The maximum Gasteiger partial charge on any atom is 0.0727 e. The van der Waals surface area contributed by atoms with Crippen LogP contribution in [-0.2, 0) is 0 Å². The summed E-state index contributed by atoms with van der Waals surface area (Å²) in [6, 6.07) is 4.32. The van der Waals surface area contributed by atoms with E-state index < -0.39 is 0 Å². The number of nitrogens with one attached hydrogen (secondary N) is 1. The maximum atomic E-state index is 6.38. The second-order valence-electron chi connectivity index (χ2n) is 4.72. The van der Waals surface area contributed by atoms with Crippen LogP contribution in [0.15, 0.2) is 29.9 Å². The molecule has 1 atom stereocenters. The number of thiophene rings is 1. The minimum atomic E-state index is 0.111. The fourth-order valence-electron chi connectivity index (χ4n) is 2.57. The summed E-state index contributed by atoms with van der Waals surface area (Å²) in [6.07, 6.45) is 3.34. The molecule has 6 heteroatoms. The first-order valence-corrected chi connectivity index (χ1v) is 8.18. The molecule has 0 aliphatic carbocycles. The van der Waals surface area contributed by atoms with Crippen LogP contribution < -0.4 is 5.32 Å². The van der Waals surface area contributed by atoms with E-state index in [0.717, 1.165) is 31.7 Å². The molecule has 0 spiro atoms. The SMILES string of the molecule is Clc1cncc(Cl)c1[C@@H](c1cccs1)N1CCNCC1. The first-order valence-electron chi connectivity index (χ1n) is 6.54. The van der Waals surface area contributed by atoms with E-state index in [1.807, 2.05) is 0 Å². The predicted octanol–water partition coefficient (Wildman–Crippen LogP) is 3.44. The third-order valence-electron chi connectivity index (χ3n) is 3.49. The van der Waals surface area contributed by atoms with Gasteiger partial charge in [0.2, 0.25) is 0 Å². The quantitative estimate of drug-likeness (QED) is 0.935. The zero-order chi connectivity index (χ0) is 13.9. The zero-order valence-corrected chi connectivity index (χ0v) is 13.2. The molecule has 3 rings (SSSR count). The smallest absolute Gasteiger partial charge is 0.0727 e. The molecule has 1 fully saturated rings. The van der Waals surface area contributed by atoms with Gasteiger partial charge in [-0.1, -0.05) is 29.3 Å². The van der Waals surface area contributed by atoms with Crippen molar-refractivity contribution >= 4 is 34.5 Å². The van der Waals surface area contributed by atoms with E-state index in [9.17, 15) is 0 Å². The van der Waals surface area contributed by atoms with E-state index in [1.165, 1.54) is 4.88 Å². The Morgan fingerprint density at radius 3 is 2.50 bits per heavy atom. The number of hydrogen-bond acceptors (Lipinski definition) is 4. The molecule has 0 unspecified atom stereocenters. The van der Waals surface area contributed by atoms with Crippen LogP contribution in [0.3, 0.4) is 0 Å². The van der Waals surface area contributed by atoms with Crippen molar-refractivity contribution in [2.45, 2.75) is 6.04 Å². The molecule has 1 aliphatic rings. The van der Waals surface area contributed by atoms with Crippen molar-refractivity contribution in [3.8, 4) is 0 Å². The number of piperazine rings is 1. The predicted molar refractivity (Wildman–Crippen MR) is 84.9 cm³/mol. The molecule has 0 bridgehead atoms. The van der Waals surface area contributed by atoms with Crippen LogP contribution in [0.1, 0.15) is 16.5 Å². The van der Waals surface area contributed by atoms with Gasteiger partial charge in [0.05, 0.1) is 16.1 Å². The summed E-state index contributed by atoms with van der Waals surface area (Å²) >= 11 is 14.5. The molecule has 0 amide bonds. The van der Waals surface area contributed by atoms with Crippen molar-refractivity contribution in [2.75, 3.05) is 26.2 Å². The summed E-state index contributed by atoms with van der Waals surface area (Å²) in [5.74, 6) is 0. The first kappa shape index (κ1) is 14.3. The lowest BCUT2D eigenvalue weighted by Crippen LogP contribution is -2.45. The molecular weight excluding hydrogens is 313 g/mol. The Hall–Kier alpha value is -0.650. The van der Waals surface area contributed by atoms with Gasteiger partial charge >= 0.3 is 0 Å². The molecule has 1 aliphatic heterocycles. The Bertz CT molecular complexity index is 548. The van der Waals surface area contributed by atoms with Gasteiger partial charge in [-0.05, 0) is 11.4 Å². The Kier molecular flexibility index (Phi) is 4.58. The van der Waals surface area contributed by atoms with Crippen molar-refractivity contribution in [1.82, 2.24) is 15.2 Å². The van der Waals surface area contributed by atoms with Crippen molar-refractivity contribution in [3.63, 3.8) is 0 Å². The molecule has 0 radical (unpaired) electrons. The van der Waals surface area contributed by atoms with Gasteiger partial charge in [0.15, 0.2) is 0 Å². The standard InChI is InChI=1S/C14H15Cl2N3S/c15-10-8-18-9-11(16)13(10)14(12-2-1-7-20-12)19-5-3-17-4-6-19/h1-2,7-9,14,17H,3-6H2/t14-/m1/s1.